The first-order valence-corrected chi connectivity index (χ1v) is 10.1. The lowest BCUT2D eigenvalue weighted by Gasteiger charge is -2.14. The van der Waals surface area contributed by atoms with E-state index in [2.05, 4.69) is 32.9 Å². The van der Waals surface area contributed by atoms with Crippen molar-refractivity contribution >= 4 is 23.2 Å². The fourth-order valence-corrected chi connectivity index (χ4v) is 3.62. The van der Waals surface area contributed by atoms with Crippen molar-refractivity contribution in [1.29, 1.82) is 0 Å². The van der Waals surface area contributed by atoms with Gasteiger partial charge in [0.1, 0.15) is 0 Å². The number of carbonyl (C=O) groups excluding carboxylic acids is 1. The summed E-state index contributed by atoms with van der Waals surface area (Å²) < 4.78 is 1.91. The molecule has 2 aromatic heterocycles. The third-order valence-corrected chi connectivity index (χ3v) is 5.22. The van der Waals surface area contributed by atoms with E-state index in [0.717, 1.165) is 23.4 Å². The number of aromatic amines is 1. The molecule has 2 heterocycles. The second kappa shape index (κ2) is 8.92. The highest BCUT2D eigenvalue weighted by Gasteiger charge is 2.14. The number of hydrogen-bond acceptors (Lipinski definition) is 4. The molecule has 0 fully saturated rings. The van der Waals surface area contributed by atoms with E-state index in [1.165, 1.54) is 0 Å². The zero-order valence-electron chi connectivity index (χ0n) is 16.4. The van der Waals surface area contributed by atoms with Crippen molar-refractivity contribution in [2.24, 2.45) is 0 Å². The number of amides is 1. The normalized spacial score (nSPS) is 11.9. The maximum absolute atomic E-state index is 12.8. The maximum Gasteiger partial charge on any atom is 0.255 e. The zero-order valence-corrected chi connectivity index (χ0v) is 17.2. The van der Waals surface area contributed by atoms with Gasteiger partial charge in [-0.3, -0.25) is 4.79 Å². The number of anilines is 1. The third-order valence-electron chi connectivity index (χ3n) is 5.00. The second-order valence-corrected chi connectivity index (χ2v) is 7.44. The lowest BCUT2D eigenvalue weighted by molar-refractivity contribution is 0.102. The molecule has 0 aliphatic heterocycles. The molecule has 0 radical (unpaired) electrons. The molecule has 4 rings (SSSR count). The summed E-state index contributed by atoms with van der Waals surface area (Å²) in [5.74, 6) is 0.764. The summed E-state index contributed by atoms with van der Waals surface area (Å²) in [5, 5.41) is 17.6. The smallest absolute Gasteiger partial charge is 0.255 e. The Bertz CT molecular complexity index is 1110. The maximum atomic E-state index is 12.8. The summed E-state index contributed by atoms with van der Waals surface area (Å²) in [5.41, 5.74) is 3.22. The number of carbonyl (C=O) groups is 1. The molecule has 30 heavy (non-hydrogen) atoms. The molecule has 1 atom stereocenters. The predicted octanol–water partition coefficient (Wildman–Crippen LogP) is 4.63. The summed E-state index contributed by atoms with van der Waals surface area (Å²) in [6.07, 6.45) is 5.48. The Morgan fingerprint density at radius 3 is 2.60 bits per heavy atom. The summed E-state index contributed by atoms with van der Waals surface area (Å²) in [7, 11) is 0. The minimum Gasteiger partial charge on any atom is -0.324 e. The van der Waals surface area contributed by atoms with Gasteiger partial charge in [0.05, 0.1) is 0 Å². The van der Waals surface area contributed by atoms with Gasteiger partial charge in [-0.25, -0.2) is 0 Å². The van der Waals surface area contributed by atoms with Gasteiger partial charge < -0.3 is 9.88 Å². The first-order chi connectivity index (χ1) is 14.6. The number of aromatic nitrogens is 5. The first kappa shape index (κ1) is 19.8. The van der Waals surface area contributed by atoms with Crippen molar-refractivity contribution in [2.45, 2.75) is 25.7 Å². The topological polar surface area (TPSA) is 88.5 Å². The molecule has 4 aromatic rings. The minimum atomic E-state index is -0.211. The Morgan fingerprint density at radius 2 is 1.93 bits per heavy atom. The molecule has 0 unspecified atom stereocenters. The molecule has 1 amide bonds. The molecule has 7 nitrogen and oxygen atoms in total. The largest absolute Gasteiger partial charge is 0.324 e. The molecule has 0 saturated heterocycles. The van der Waals surface area contributed by atoms with E-state index in [-0.39, 0.29) is 11.8 Å². The van der Waals surface area contributed by atoms with Crippen molar-refractivity contribution in [2.75, 3.05) is 5.32 Å². The van der Waals surface area contributed by atoms with Crippen LogP contribution in [0, 0.1) is 0 Å². The Balaban J connectivity index is 1.47. The van der Waals surface area contributed by atoms with Crippen LogP contribution in [0.1, 0.15) is 41.0 Å². The molecule has 0 saturated carbocycles. The molecule has 0 aliphatic rings. The van der Waals surface area contributed by atoms with Crippen LogP contribution in [0.15, 0.2) is 67.0 Å². The monoisotopic (exact) mass is 420 g/mol. The average molecular weight is 421 g/mol. The number of halogens is 1. The van der Waals surface area contributed by atoms with E-state index < -0.39 is 0 Å². The number of nitrogens with zero attached hydrogens (tertiary/aromatic N) is 4. The Kier molecular flexibility index (Phi) is 5.90. The van der Waals surface area contributed by atoms with Gasteiger partial charge in [-0.05, 0) is 60.4 Å². The standard InChI is InChI=1S/C22H21ClN6O/c1-2-15(13-21-25-27-28-26-21)16-5-7-19(8-6-16)24-22(30)17-11-18(23)14-20(12-17)29-9-3-4-10-29/h3-12,14-15H,2,13H2,1H3,(H,24,30)(H,25,26,27,28)/t15-/m1/s1. The van der Waals surface area contributed by atoms with Gasteiger partial charge in [-0.2, -0.15) is 5.21 Å². The molecule has 8 heteroatoms. The predicted molar refractivity (Wildman–Crippen MR) is 116 cm³/mol. The molecular formula is C22H21ClN6O. The number of H-pyrrole nitrogens is 1. The number of nitrogens with one attached hydrogen (secondary N) is 2. The van der Waals surface area contributed by atoms with E-state index in [1.54, 1.807) is 6.07 Å². The van der Waals surface area contributed by atoms with Crippen molar-refractivity contribution in [3.63, 3.8) is 0 Å². The van der Waals surface area contributed by atoms with Gasteiger partial charge >= 0.3 is 0 Å². The van der Waals surface area contributed by atoms with Gasteiger partial charge in [0, 0.05) is 40.8 Å². The van der Waals surface area contributed by atoms with Crippen LogP contribution in [0.5, 0.6) is 0 Å². The molecule has 2 aromatic carbocycles. The Morgan fingerprint density at radius 1 is 1.17 bits per heavy atom. The summed E-state index contributed by atoms with van der Waals surface area (Å²) in [6, 6.07) is 17.0. The van der Waals surface area contributed by atoms with E-state index in [4.69, 9.17) is 11.6 Å². The molecule has 2 N–H and O–H groups in total. The fraction of sp³-hybridized carbons (Fsp3) is 0.182. The van der Waals surface area contributed by atoms with E-state index in [0.29, 0.717) is 22.8 Å². The van der Waals surface area contributed by atoms with Crippen molar-refractivity contribution in [3.8, 4) is 5.69 Å². The van der Waals surface area contributed by atoms with Crippen LogP contribution < -0.4 is 5.32 Å². The average Bonchev–Trinajstić information content (AvgIpc) is 3.46. The van der Waals surface area contributed by atoms with Crippen LogP contribution in [0.25, 0.3) is 5.69 Å². The van der Waals surface area contributed by atoms with E-state index in [1.807, 2.05) is 65.5 Å². The number of hydrogen-bond donors (Lipinski definition) is 2. The molecule has 0 spiro atoms. The summed E-state index contributed by atoms with van der Waals surface area (Å²) >= 11 is 6.23. The summed E-state index contributed by atoms with van der Waals surface area (Å²) in [6.45, 7) is 2.13. The molecule has 0 aliphatic carbocycles. The Hall–Kier alpha value is -3.45. The van der Waals surface area contributed by atoms with Crippen LogP contribution in [0.4, 0.5) is 5.69 Å². The highest BCUT2D eigenvalue weighted by Crippen LogP contribution is 2.25. The number of rotatable bonds is 7. The number of tetrazole rings is 1. The van der Waals surface area contributed by atoms with Crippen LogP contribution in [0.3, 0.4) is 0 Å². The van der Waals surface area contributed by atoms with E-state index in [9.17, 15) is 4.79 Å². The zero-order chi connectivity index (χ0) is 20.9. The highest BCUT2D eigenvalue weighted by atomic mass is 35.5. The van der Waals surface area contributed by atoms with Crippen molar-refractivity contribution < 1.29 is 4.79 Å². The molecule has 152 valence electrons. The van der Waals surface area contributed by atoms with E-state index >= 15 is 0 Å². The van der Waals surface area contributed by atoms with Gasteiger partial charge in [-0.15, -0.1) is 10.2 Å². The lowest BCUT2D eigenvalue weighted by atomic mass is 9.93. The SMILES string of the molecule is CC[C@H](Cc1nn[nH]n1)c1ccc(NC(=O)c2cc(Cl)cc(-n3cccc3)c2)cc1. The minimum absolute atomic E-state index is 0.211. The van der Waals surface area contributed by atoms with Gasteiger partial charge in [0.15, 0.2) is 5.82 Å². The second-order valence-electron chi connectivity index (χ2n) is 7.00. The third kappa shape index (κ3) is 4.58. The highest BCUT2D eigenvalue weighted by molar-refractivity contribution is 6.31. The van der Waals surface area contributed by atoms with Crippen LogP contribution in [-0.2, 0) is 6.42 Å². The van der Waals surface area contributed by atoms with Crippen LogP contribution in [0.2, 0.25) is 5.02 Å². The molecule has 0 bridgehead atoms. The van der Waals surface area contributed by atoms with Crippen molar-refractivity contribution in [3.05, 3.63) is 89.0 Å². The lowest BCUT2D eigenvalue weighted by Crippen LogP contribution is -2.12. The van der Waals surface area contributed by atoms with Gasteiger partial charge in [0.2, 0.25) is 0 Å². The van der Waals surface area contributed by atoms with Crippen LogP contribution >= 0.6 is 11.6 Å². The van der Waals surface area contributed by atoms with Crippen molar-refractivity contribution in [1.82, 2.24) is 25.2 Å². The van der Waals surface area contributed by atoms with Gasteiger partial charge in [-0.1, -0.05) is 35.9 Å². The van der Waals surface area contributed by atoms with Gasteiger partial charge in [0.25, 0.3) is 5.91 Å². The number of benzene rings is 2. The summed E-state index contributed by atoms with van der Waals surface area (Å²) in [4.78, 5) is 12.8. The fourth-order valence-electron chi connectivity index (χ4n) is 3.39. The van der Waals surface area contributed by atoms with Crippen LogP contribution in [-0.4, -0.2) is 31.1 Å². The Labute approximate surface area is 179 Å². The first-order valence-electron chi connectivity index (χ1n) is 9.70. The quantitative estimate of drug-likeness (QED) is 0.456. The molecular weight excluding hydrogens is 400 g/mol.